The van der Waals surface area contributed by atoms with Crippen LogP contribution in [0.25, 0.3) is 0 Å². The number of hydrogen-bond acceptors (Lipinski definition) is 5. The molecule has 1 unspecified atom stereocenters. The van der Waals surface area contributed by atoms with Crippen molar-refractivity contribution < 1.29 is 9.18 Å². The van der Waals surface area contributed by atoms with Crippen molar-refractivity contribution in [2.45, 2.75) is 19.3 Å². The van der Waals surface area contributed by atoms with Crippen molar-refractivity contribution >= 4 is 18.3 Å². The first-order valence-electron chi connectivity index (χ1n) is 9.19. The third-order valence-electron chi connectivity index (χ3n) is 4.51. The number of benzene rings is 1. The lowest BCUT2D eigenvalue weighted by Gasteiger charge is -2.19. The van der Waals surface area contributed by atoms with Crippen molar-refractivity contribution in [3.8, 4) is 0 Å². The van der Waals surface area contributed by atoms with Gasteiger partial charge in [0.05, 0.1) is 12.0 Å². The fourth-order valence-electron chi connectivity index (χ4n) is 2.83. The van der Waals surface area contributed by atoms with E-state index in [9.17, 15) is 9.18 Å². The lowest BCUT2D eigenvalue weighted by molar-refractivity contribution is 0.0953. The molecule has 0 saturated heterocycles. The molecule has 0 aromatic heterocycles. The number of carbonyl (C=O) groups is 1. The summed E-state index contributed by atoms with van der Waals surface area (Å²) in [7, 11) is 3.82. The molecule has 1 atom stereocenters. The van der Waals surface area contributed by atoms with Gasteiger partial charge in [0, 0.05) is 50.4 Å². The van der Waals surface area contributed by atoms with Crippen LogP contribution in [0.1, 0.15) is 35.2 Å². The number of carbonyl (C=O) groups excluding carboxylic acids is 1. The van der Waals surface area contributed by atoms with Crippen LogP contribution < -0.4 is 16.6 Å². The van der Waals surface area contributed by atoms with Gasteiger partial charge in [0.25, 0.3) is 5.91 Å². The summed E-state index contributed by atoms with van der Waals surface area (Å²) < 4.78 is 12.4. The Bertz CT molecular complexity index is 811. The molecular formula is C22H30FN5O. The summed E-state index contributed by atoms with van der Waals surface area (Å²) in [5.74, 6) is 5.29. The molecule has 0 fully saturated rings. The monoisotopic (exact) mass is 399 g/mol. The number of amides is 1. The number of aliphatic imine (C=N–C) groups is 1. The number of anilines is 1. The number of nitrogens with two attached hydrogens (primary N) is 1. The number of nitrogens with zero attached hydrogens (tertiary/aromatic N) is 2. The minimum Gasteiger partial charge on any atom is -0.380 e. The summed E-state index contributed by atoms with van der Waals surface area (Å²) in [5, 5.41) is 2.91. The van der Waals surface area contributed by atoms with Gasteiger partial charge in [-0.25, -0.2) is 4.39 Å². The summed E-state index contributed by atoms with van der Waals surface area (Å²) in [6.07, 6.45) is 7.34. The average molecular weight is 400 g/mol. The van der Waals surface area contributed by atoms with Crippen LogP contribution >= 0.6 is 0 Å². The second kappa shape index (κ2) is 12.3. The predicted molar refractivity (Wildman–Crippen MR) is 119 cm³/mol. The van der Waals surface area contributed by atoms with Crippen molar-refractivity contribution in [2.75, 3.05) is 26.1 Å². The first kappa shape index (κ1) is 23.8. The molecule has 6 nitrogen and oxygen atoms in total. The molecule has 7 heteroatoms. The largest absolute Gasteiger partial charge is 0.380 e. The van der Waals surface area contributed by atoms with Crippen molar-refractivity contribution in [1.29, 1.82) is 0 Å². The summed E-state index contributed by atoms with van der Waals surface area (Å²) in [6, 6.07) is 5.23. The molecule has 0 aliphatic rings. The van der Waals surface area contributed by atoms with Crippen LogP contribution in [0.2, 0.25) is 0 Å². The first-order chi connectivity index (χ1) is 13.9. The Kier molecular flexibility index (Phi) is 10.1. The number of rotatable bonds is 11. The van der Waals surface area contributed by atoms with E-state index in [2.05, 4.69) is 29.0 Å². The molecular weight excluding hydrogens is 369 g/mol. The molecule has 1 amide bonds. The molecule has 4 N–H and O–H groups in total. The lowest BCUT2D eigenvalue weighted by atomic mass is 9.90. The second-order valence-corrected chi connectivity index (χ2v) is 6.56. The Morgan fingerprint density at radius 2 is 2.14 bits per heavy atom. The highest BCUT2D eigenvalue weighted by atomic mass is 19.1. The van der Waals surface area contributed by atoms with Crippen molar-refractivity contribution in [3.63, 3.8) is 0 Å². The van der Waals surface area contributed by atoms with Gasteiger partial charge < -0.3 is 15.6 Å². The van der Waals surface area contributed by atoms with E-state index in [4.69, 9.17) is 5.84 Å². The van der Waals surface area contributed by atoms with Crippen LogP contribution in [0.15, 0.2) is 71.8 Å². The van der Waals surface area contributed by atoms with E-state index in [1.54, 1.807) is 36.6 Å². The van der Waals surface area contributed by atoms with E-state index in [0.717, 1.165) is 16.8 Å². The number of nitrogens with one attached hydrogen (secondary N) is 2. The number of hydrazine groups is 1. The van der Waals surface area contributed by atoms with E-state index in [-0.39, 0.29) is 11.8 Å². The zero-order chi connectivity index (χ0) is 21.8. The minimum absolute atomic E-state index is 0.149. The van der Waals surface area contributed by atoms with Gasteiger partial charge in [-0.2, -0.15) is 0 Å². The molecule has 0 aliphatic carbocycles. The maximum atomic E-state index is 12.6. The number of halogens is 1. The Morgan fingerprint density at radius 3 is 2.69 bits per heavy atom. The SMILES string of the molecule is C=C/C(=C\C=C\F)C(C)c1cc(C(=O)NCC/C(=C/N=C)N(C)C)ccc1NN. The average Bonchev–Trinajstić information content (AvgIpc) is 2.72. The van der Waals surface area contributed by atoms with Gasteiger partial charge in [0.1, 0.15) is 0 Å². The topological polar surface area (TPSA) is 82.8 Å². The van der Waals surface area contributed by atoms with E-state index >= 15 is 0 Å². The second-order valence-electron chi connectivity index (χ2n) is 6.56. The third kappa shape index (κ3) is 7.04. The molecule has 0 radical (unpaired) electrons. The summed E-state index contributed by atoms with van der Waals surface area (Å²) in [5.41, 5.74) is 6.40. The molecule has 1 aromatic carbocycles. The van der Waals surface area contributed by atoms with Crippen LogP contribution in [0.5, 0.6) is 0 Å². The summed E-state index contributed by atoms with van der Waals surface area (Å²) in [6.45, 7) is 9.64. The number of nitrogen functional groups attached to an aromatic ring is 1. The smallest absolute Gasteiger partial charge is 0.251 e. The fraction of sp³-hybridized carbons (Fsp3) is 0.273. The van der Waals surface area contributed by atoms with Crippen LogP contribution in [-0.2, 0) is 0 Å². The Balaban J connectivity index is 3.02. The van der Waals surface area contributed by atoms with Crippen molar-refractivity contribution in [1.82, 2.24) is 10.2 Å². The van der Waals surface area contributed by atoms with Gasteiger partial charge in [-0.1, -0.05) is 25.7 Å². The Labute approximate surface area is 172 Å². The molecule has 0 bridgehead atoms. The molecule has 1 aromatic rings. The lowest BCUT2D eigenvalue weighted by Crippen LogP contribution is -2.26. The third-order valence-corrected chi connectivity index (χ3v) is 4.51. The van der Waals surface area contributed by atoms with Crippen LogP contribution in [0.3, 0.4) is 0 Å². The zero-order valence-corrected chi connectivity index (χ0v) is 17.3. The van der Waals surface area contributed by atoms with Gasteiger partial charge in [0.2, 0.25) is 0 Å². The maximum Gasteiger partial charge on any atom is 0.251 e. The molecule has 0 spiro atoms. The van der Waals surface area contributed by atoms with Gasteiger partial charge in [-0.15, -0.1) is 0 Å². The highest BCUT2D eigenvalue weighted by Crippen LogP contribution is 2.31. The van der Waals surface area contributed by atoms with Crippen LogP contribution in [0, 0.1) is 0 Å². The van der Waals surface area contributed by atoms with E-state index in [0.29, 0.717) is 30.5 Å². The number of hydrogen-bond donors (Lipinski definition) is 3. The predicted octanol–water partition coefficient (Wildman–Crippen LogP) is 3.89. The molecule has 29 heavy (non-hydrogen) atoms. The highest BCUT2D eigenvalue weighted by molar-refractivity contribution is 5.95. The zero-order valence-electron chi connectivity index (χ0n) is 17.3. The van der Waals surface area contributed by atoms with E-state index in [1.807, 2.05) is 25.9 Å². The van der Waals surface area contributed by atoms with Crippen LogP contribution in [0.4, 0.5) is 10.1 Å². The number of allylic oxidation sites excluding steroid dienone is 4. The van der Waals surface area contributed by atoms with Gasteiger partial charge in [-0.05, 0) is 42.1 Å². The molecule has 0 aliphatic heterocycles. The van der Waals surface area contributed by atoms with E-state index < -0.39 is 0 Å². The van der Waals surface area contributed by atoms with E-state index in [1.165, 1.54) is 6.08 Å². The summed E-state index contributed by atoms with van der Waals surface area (Å²) >= 11 is 0. The van der Waals surface area contributed by atoms with Gasteiger partial charge in [-0.3, -0.25) is 15.6 Å². The molecule has 0 saturated carbocycles. The molecule has 156 valence electrons. The van der Waals surface area contributed by atoms with Crippen LogP contribution in [-0.4, -0.2) is 38.2 Å². The van der Waals surface area contributed by atoms with Crippen molar-refractivity contribution in [3.05, 3.63) is 77.9 Å². The maximum absolute atomic E-state index is 12.6. The normalized spacial score (nSPS) is 13.1. The fourth-order valence-corrected chi connectivity index (χ4v) is 2.83. The highest BCUT2D eigenvalue weighted by Gasteiger charge is 2.16. The quantitative estimate of drug-likeness (QED) is 0.228. The standard InChI is InChI=1S/C22H30FN5O/c1-6-17(8-7-12-23)16(2)20-14-18(9-10-21(20)27-24)22(29)26-13-11-19(15-25-3)28(4)5/h6-10,12,14-16,27H,1,3,11,13,24H2,2,4-5H3,(H,26,29)/b12-7+,17-8+,19-15-. The Hall–Kier alpha value is -3.19. The Morgan fingerprint density at radius 1 is 1.41 bits per heavy atom. The minimum atomic E-state index is -0.195. The molecule has 1 rings (SSSR count). The van der Waals surface area contributed by atoms with Gasteiger partial charge >= 0.3 is 0 Å². The van der Waals surface area contributed by atoms with Gasteiger partial charge in [0.15, 0.2) is 0 Å². The summed E-state index contributed by atoms with van der Waals surface area (Å²) in [4.78, 5) is 18.3. The first-order valence-corrected chi connectivity index (χ1v) is 9.19. The molecule has 0 heterocycles. The van der Waals surface area contributed by atoms with Crippen molar-refractivity contribution in [2.24, 2.45) is 10.8 Å².